The number of aliphatic carboxylic acids is 1. The zero-order chi connectivity index (χ0) is 17.0. The summed E-state index contributed by atoms with van der Waals surface area (Å²) in [6.45, 7) is 8.83. The molecule has 0 bridgehead atoms. The minimum atomic E-state index is -1.06. The highest BCUT2D eigenvalue weighted by Crippen LogP contribution is 2.20. The second kappa shape index (κ2) is 7.24. The molecule has 0 aliphatic carbocycles. The van der Waals surface area contributed by atoms with Crippen molar-refractivity contribution in [2.24, 2.45) is 5.92 Å². The Labute approximate surface area is 130 Å². The molecule has 0 aliphatic heterocycles. The molecule has 1 amide bonds. The molecule has 3 N–H and O–H groups in total. The number of ketones is 1. The van der Waals surface area contributed by atoms with Crippen LogP contribution in [0.25, 0.3) is 0 Å². The van der Waals surface area contributed by atoms with Crippen LogP contribution in [0.2, 0.25) is 0 Å². The maximum atomic E-state index is 12.4. The van der Waals surface area contributed by atoms with Crippen LogP contribution in [0.4, 0.5) is 0 Å². The van der Waals surface area contributed by atoms with Crippen LogP contribution < -0.4 is 5.32 Å². The standard InChI is InChI=1S/C16H24N2O4/c1-6-11-13(10(5)19)9(4)17-14(11)15(20)18-12(16(21)22)7-8(2)3/h8,12,17H,6-7H2,1-5H3,(H,18,20)(H,21,22)/t12-/m0/s1. The van der Waals surface area contributed by atoms with Gasteiger partial charge >= 0.3 is 5.97 Å². The van der Waals surface area contributed by atoms with Gasteiger partial charge in [-0.25, -0.2) is 4.79 Å². The Balaban J connectivity index is 3.10. The number of aryl methyl sites for hydroxylation is 1. The van der Waals surface area contributed by atoms with Crippen LogP contribution in [0.3, 0.4) is 0 Å². The smallest absolute Gasteiger partial charge is 0.326 e. The maximum Gasteiger partial charge on any atom is 0.326 e. The number of aromatic amines is 1. The summed E-state index contributed by atoms with van der Waals surface area (Å²) in [5.74, 6) is -1.51. The van der Waals surface area contributed by atoms with Crippen molar-refractivity contribution in [1.29, 1.82) is 0 Å². The number of hydrogen-bond donors (Lipinski definition) is 3. The summed E-state index contributed by atoms with van der Waals surface area (Å²) in [4.78, 5) is 38.3. The zero-order valence-electron chi connectivity index (χ0n) is 13.7. The number of nitrogens with one attached hydrogen (secondary N) is 2. The summed E-state index contributed by atoms with van der Waals surface area (Å²) in [6.07, 6.45) is 0.867. The molecule has 122 valence electrons. The maximum absolute atomic E-state index is 12.4. The first kappa shape index (κ1) is 17.9. The van der Waals surface area contributed by atoms with Gasteiger partial charge < -0.3 is 15.4 Å². The molecule has 22 heavy (non-hydrogen) atoms. The number of amides is 1. The van der Waals surface area contributed by atoms with Crippen molar-refractivity contribution in [3.05, 3.63) is 22.5 Å². The lowest BCUT2D eigenvalue weighted by Gasteiger charge is -2.16. The van der Waals surface area contributed by atoms with Gasteiger partial charge in [0.25, 0.3) is 5.91 Å². The van der Waals surface area contributed by atoms with Crippen molar-refractivity contribution in [2.75, 3.05) is 0 Å². The summed E-state index contributed by atoms with van der Waals surface area (Å²) in [5, 5.41) is 11.8. The molecule has 0 aromatic carbocycles. The van der Waals surface area contributed by atoms with Crippen molar-refractivity contribution in [2.45, 2.75) is 53.5 Å². The third-order valence-electron chi connectivity index (χ3n) is 3.53. The van der Waals surface area contributed by atoms with Crippen molar-refractivity contribution in [3.8, 4) is 0 Å². The van der Waals surface area contributed by atoms with Gasteiger partial charge in [-0.15, -0.1) is 0 Å². The van der Waals surface area contributed by atoms with E-state index in [1.807, 2.05) is 20.8 Å². The first-order chi connectivity index (χ1) is 10.2. The quantitative estimate of drug-likeness (QED) is 0.673. The van der Waals surface area contributed by atoms with Gasteiger partial charge in [0, 0.05) is 11.3 Å². The van der Waals surface area contributed by atoms with E-state index < -0.39 is 17.9 Å². The zero-order valence-corrected chi connectivity index (χ0v) is 13.7. The van der Waals surface area contributed by atoms with E-state index in [-0.39, 0.29) is 17.4 Å². The number of carbonyl (C=O) groups excluding carboxylic acids is 2. The number of carboxylic acids is 1. The minimum absolute atomic E-state index is 0.110. The average molecular weight is 308 g/mol. The minimum Gasteiger partial charge on any atom is -0.480 e. The third-order valence-corrected chi connectivity index (χ3v) is 3.53. The highest BCUT2D eigenvalue weighted by molar-refractivity contribution is 6.03. The Hall–Kier alpha value is -2.11. The Morgan fingerprint density at radius 1 is 1.27 bits per heavy atom. The highest BCUT2D eigenvalue weighted by atomic mass is 16.4. The number of aromatic nitrogens is 1. The third kappa shape index (κ3) is 3.96. The molecule has 0 unspecified atom stereocenters. The van der Waals surface area contributed by atoms with Gasteiger partial charge in [0.05, 0.1) is 0 Å². The van der Waals surface area contributed by atoms with Crippen molar-refractivity contribution < 1.29 is 19.5 Å². The molecular weight excluding hydrogens is 284 g/mol. The second-order valence-electron chi connectivity index (χ2n) is 5.88. The summed E-state index contributed by atoms with van der Waals surface area (Å²) in [5.41, 5.74) is 2.06. The topological polar surface area (TPSA) is 99.3 Å². The summed E-state index contributed by atoms with van der Waals surface area (Å²) < 4.78 is 0. The molecule has 1 aromatic rings. The van der Waals surface area contributed by atoms with Gasteiger partial charge in [0.1, 0.15) is 11.7 Å². The van der Waals surface area contributed by atoms with Gasteiger partial charge in [0.2, 0.25) is 0 Å². The molecule has 6 heteroatoms. The SMILES string of the molecule is CCc1c(C(=O)N[C@@H](CC(C)C)C(=O)O)[nH]c(C)c1C(C)=O. The van der Waals surface area contributed by atoms with E-state index in [0.717, 1.165) is 0 Å². The van der Waals surface area contributed by atoms with Crippen LogP contribution in [-0.4, -0.2) is 33.8 Å². The van der Waals surface area contributed by atoms with Crippen LogP contribution in [0.1, 0.15) is 66.2 Å². The monoisotopic (exact) mass is 308 g/mol. The fourth-order valence-corrected chi connectivity index (χ4v) is 2.62. The molecule has 1 rings (SSSR count). The first-order valence-electron chi connectivity index (χ1n) is 7.45. The summed E-state index contributed by atoms with van der Waals surface area (Å²) in [6, 6.07) is -0.943. The first-order valence-corrected chi connectivity index (χ1v) is 7.45. The molecular formula is C16H24N2O4. The molecule has 0 spiro atoms. The lowest BCUT2D eigenvalue weighted by atomic mass is 10.0. The number of rotatable bonds is 7. The van der Waals surface area contributed by atoms with E-state index in [1.165, 1.54) is 6.92 Å². The van der Waals surface area contributed by atoms with Gasteiger partial charge in [-0.1, -0.05) is 20.8 Å². The Kier molecular flexibility index (Phi) is 5.91. The highest BCUT2D eigenvalue weighted by Gasteiger charge is 2.26. The molecule has 1 aromatic heterocycles. The van der Waals surface area contributed by atoms with Crippen LogP contribution in [-0.2, 0) is 11.2 Å². The van der Waals surface area contributed by atoms with Crippen molar-refractivity contribution in [3.63, 3.8) is 0 Å². The van der Waals surface area contributed by atoms with E-state index in [1.54, 1.807) is 6.92 Å². The Morgan fingerprint density at radius 3 is 2.27 bits per heavy atom. The molecule has 1 heterocycles. The van der Waals surface area contributed by atoms with Crippen molar-refractivity contribution >= 4 is 17.7 Å². The molecule has 0 saturated heterocycles. The number of H-pyrrole nitrogens is 1. The van der Waals surface area contributed by atoms with Gasteiger partial charge in [0.15, 0.2) is 5.78 Å². The number of carboxylic acid groups (broad SMARTS) is 1. The van der Waals surface area contributed by atoms with Gasteiger partial charge in [-0.05, 0) is 38.2 Å². The van der Waals surface area contributed by atoms with Crippen LogP contribution in [0.5, 0.6) is 0 Å². The number of carbonyl (C=O) groups is 3. The Bertz CT molecular complexity index is 587. The summed E-state index contributed by atoms with van der Waals surface area (Å²) in [7, 11) is 0. The van der Waals surface area contributed by atoms with E-state index in [2.05, 4.69) is 10.3 Å². The molecule has 0 fully saturated rings. The van der Waals surface area contributed by atoms with E-state index in [0.29, 0.717) is 29.7 Å². The number of hydrogen-bond acceptors (Lipinski definition) is 3. The van der Waals surface area contributed by atoms with E-state index in [4.69, 9.17) is 0 Å². The predicted molar refractivity (Wildman–Crippen MR) is 83.3 cm³/mol. The molecule has 0 saturated carbocycles. The van der Waals surface area contributed by atoms with Gasteiger partial charge in [-0.3, -0.25) is 9.59 Å². The fraction of sp³-hybridized carbons (Fsp3) is 0.562. The normalized spacial score (nSPS) is 12.3. The fourth-order valence-electron chi connectivity index (χ4n) is 2.62. The summed E-state index contributed by atoms with van der Waals surface area (Å²) >= 11 is 0. The molecule has 6 nitrogen and oxygen atoms in total. The Morgan fingerprint density at radius 2 is 1.86 bits per heavy atom. The van der Waals surface area contributed by atoms with Crippen LogP contribution >= 0.6 is 0 Å². The van der Waals surface area contributed by atoms with E-state index >= 15 is 0 Å². The average Bonchev–Trinajstić information content (AvgIpc) is 2.74. The molecule has 0 radical (unpaired) electrons. The van der Waals surface area contributed by atoms with Crippen LogP contribution in [0.15, 0.2) is 0 Å². The van der Waals surface area contributed by atoms with Crippen LogP contribution in [0, 0.1) is 12.8 Å². The predicted octanol–water partition coefficient (Wildman–Crippen LogP) is 2.32. The lowest BCUT2D eigenvalue weighted by molar-refractivity contribution is -0.139. The number of Topliss-reactive ketones (excluding diaryl/α,β-unsaturated/α-hetero) is 1. The van der Waals surface area contributed by atoms with Gasteiger partial charge in [-0.2, -0.15) is 0 Å². The largest absolute Gasteiger partial charge is 0.480 e. The molecule has 1 atom stereocenters. The molecule has 0 aliphatic rings. The van der Waals surface area contributed by atoms with E-state index in [9.17, 15) is 19.5 Å². The second-order valence-corrected chi connectivity index (χ2v) is 5.88. The van der Waals surface area contributed by atoms with Crippen molar-refractivity contribution in [1.82, 2.24) is 10.3 Å². The lowest BCUT2D eigenvalue weighted by Crippen LogP contribution is -2.42.